The summed E-state index contributed by atoms with van der Waals surface area (Å²) in [5, 5.41) is 0. The van der Waals surface area contributed by atoms with Crippen molar-refractivity contribution >= 4 is 6.29 Å². The van der Waals surface area contributed by atoms with E-state index in [0.29, 0.717) is 11.3 Å². The van der Waals surface area contributed by atoms with Gasteiger partial charge in [0.15, 0.2) is 0 Å². The van der Waals surface area contributed by atoms with E-state index < -0.39 is 0 Å². The maximum Gasteiger partial charge on any atom is 0.149 e. The first-order chi connectivity index (χ1) is 8.04. The highest BCUT2D eigenvalue weighted by atomic mass is 16.5. The Hall–Kier alpha value is -2.09. The molecule has 0 rings (SSSR count). The van der Waals surface area contributed by atoms with E-state index in [1.165, 1.54) is 0 Å². The second-order valence-electron chi connectivity index (χ2n) is 3.29. The molecule has 0 saturated carbocycles. The van der Waals surface area contributed by atoms with Gasteiger partial charge in [0, 0.05) is 5.57 Å². The molecule has 0 saturated heterocycles. The van der Waals surface area contributed by atoms with E-state index in [1.54, 1.807) is 44.4 Å². The zero-order valence-corrected chi connectivity index (χ0v) is 10.4. The van der Waals surface area contributed by atoms with E-state index in [9.17, 15) is 4.79 Å². The number of carbonyl (C=O) groups excluding carboxylic acids is 1. The molecule has 0 aliphatic rings. The fourth-order valence-corrected chi connectivity index (χ4v) is 0.876. The molecule has 0 aromatic heterocycles. The SMILES string of the molecule is C=C(/C=C\C(=C)C(=C)/C=C\C(C=O)=C/C)OC. The summed E-state index contributed by atoms with van der Waals surface area (Å²) in [7, 11) is 1.55. The lowest BCUT2D eigenvalue weighted by Crippen LogP contribution is -1.83. The summed E-state index contributed by atoms with van der Waals surface area (Å²) in [6.45, 7) is 13.1. The minimum atomic E-state index is 0.546. The second kappa shape index (κ2) is 8.11. The van der Waals surface area contributed by atoms with Gasteiger partial charge in [0.1, 0.15) is 12.0 Å². The fraction of sp³-hybridized carbons (Fsp3) is 0.133. The van der Waals surface area contributed by atoms with Crippen molar-refractivity contribution in [3.8, 4) is 0 Å². The van der Waals surface area contributed by atoms with Gasteiger partial charge < -0.3 is 4.74 Å². The van der Waals surface area contributed by atoms with Crippen LogP contribution in [0.1, 0.15) is 6.92 Å². The minimum absolute atomic E-state index is 0.546. The third-order valence-corrected chi connectivity index (χ3v) is 2.09. The molecule has 0 aliphatic heterocycles. The van der Waals surface area contributed by atoms with Gasteiger partial charge in [-0.1, -0.05) is 44.0 Å². The molecule has 0 aromatic carbocycles. The highest BCUT2D eigenvalue weighted by Gasteiger charge is 1.93. The van der Waals surface area contributed by atoms with Crippen LogP contribution in [0, 0.1) is 0 Å². The predicted octanol–water partition coefficient (Wildman–Crippen LogP) is 3.52. The van der Waals surface area contributed by atoms with Gasteiger partial charge in [-0.15, -0.1) is 0 Å². The maximum absolute atomic E-state index is 10.6. The van der Waals surface area contributed by atoms with Gasteiger partial charge in [0.05, 0.1) is 7.11 Å². The van der Waals surface area contributed by atoms with Gasteiger partial charge >= 0.3 is 0 Å². The Kier molecular flexibility index (Phi) is 7.11. The smallest absolute Gasteiger partial charge is 0.149 e. The van der Waals surface area contributed by atoms with Crippen molar-refractivity contribution in [3.05, 3.63) is 72.6 Å². The van der Waals surface area contributed by atoms with Crippen LogP contribution in [0.15, 0.2) is 72.6 Å². The lowest BCUT2D eigenvalue weighted by Gasteiger charge is -2.00. The molecule has 0 radical (unpaired) electrons. The summed E-state index contributed by atoms with van der Waals surface area (Å²) in [4.78, 5) is 10.6. The molecule has 17 heavy (non-hydrogen) atoms. The molecule has 0 N–H and O–H groups in total. The van der Waals surface area contributed by atoms with E-state index in [0.717, 1.165) is 17.4 Å². The first kappa shape index (κ1) is 14.9. The Bertz CT molecular complexity index is 407. The molecule has 0 heterocycles. The summed E-state index contributed by atoms with van der Waals surface area (Å²) in [5.74, 6) is 0.546. The van der Waals surface area contributed by atoms with Gasteiger partial charge in [0.25, 0.3) is 0 Å². The lowest BCUT2D eigenvalue weighted by atomic mass is 10.1. The zero-order valence-electron chi connectivity index (χ0n) is 10.4. The molecule has 0 unspecified atom stereocenters. The van der Waals surface area contributed by atoms with Crippen LogP contribution in [0.25, 0.3) is 0 Å². The van der Waals surface area contributed by atoms with E-state index in [2.05, 4.69) is 19.7 Å². The predicted molar refractivity (Wildman–Crippen MR) is 72.5 cm³/mol. The van der Waals surface area contributed by atoms with E-state index >= 15 is 0 Å². The van der Waals surface area contributed by atoms with Crippen molar-refractivity contribution in [2.24, 2.45) is 0 Å². The van der Waals surface area contributed by atoms with Crippen LogP contribution in [0.5, 0.6) is 0 Å². The van der Waals surface area contributed by atoms with Gasteiger partial charge in [-0.3, -0.25) is 4.79 Å². The van der Waals surface area contributed by atoms with Crippen molar-refractivity contribution in [2.75, 3.05) is 7.11 Å². The van der Waals surface area contributed by atoms with Crippen LogP contribution in [0.3, 0.4) is 0 Å². The highest BCUT2D eigenvalue weighted by Crippen LogP contribution is 2.10. The van der Waals surface area contributed by atoms with Gasteiger partial charge in [-0.2, -0.15) is 0 Å². The summed E-state index contributed by atoms with van der Waals surface area (Å²) < 4.78 is 4.89. The molecule has 0 fully saturated rings. The quantitative estimate of drug-likeness (QED) is 0.289. The van der Waals surface area contributed by atoms with Crippen molar-refractivity contribution in [3.63, 3.8) is 0 Å². The number of ether oxygens (including phenoxy) is 1. The second-order valence-corrected chi connectivity index (χ2v) is 3.29. The van der Waals surface area contributed by atoms with Crippen molar-refractivity contribution in [2.45, 2.75) is 6.92 Å². The van der Waals surface area contributed by atoms with Gasteiger partial charge in [-0.05, 0) is 24.1 Å². The van der Waals surface area contributed by atoms with Crippen LogP contribution in [-0.4, -0.2) is 13.4 Å². The molecule has 0 amide bonds. The Balaban J connectivity index is 4.53. The standard InChI is InChI=1S/C15H18O2/c1-6-15(11-16)10-8-13(3)12(2)7-9-14(4)17-5/h6-11H,2-4H2,1,5H3/b9-7-,10-8-,15-6+. The first-order valence-electron chi connectivity index (χ1n) is 5.13. The molecule has 0 spiro atoms. The van der Waals surface area contributed by atoms with Crippen molar-refractivity contribution < 1.29 is 9.53 Å². The molecule has 2 heteroatoms. The molecule has 2 nitrogen and oxygen atoms in total. The third kappa shape index (κ3) is 6.15. The first-order valence-corrected chi connectivity index (χ1v) is 5.13. The minimum Gasteiger partial charge on any atom is -0.497 e. The average molecular weight is 230 g/mol. The number of allylic oxidation sites excluding steroid dienone is 8. The third-order valence-electron chi connectivity index (χ3n) is 2.09. The number of rotatable bonds is 7. The van der Waals surface area contributed by atoms with E-state index in [-0.39, 0.29) is 0 Å². The van der Waals surface area contributed by atoms with Crippen molar-refractivity contribution in [1.29, 1.82) is 0 Å². The number of methoxy groups -OCH3 is 1. The largest absolute Gasteiger partial charge is 0.497 e. The number of hydrogen-bond acceptors (Lipinski definition) is 2. The molecular weight excluding hydrogens is 212 g/mol. The summed E-state index contributed by atoms with van der Waals surface area (Å²) in [6.07, 6.45) is 9.41. The topological polar surface area (TPSA) is 26.3 Å². The van der Waals surface area contributed by atoms with E-state index in [1.807, 2.05) is 0 Å². The van der Waals surface area contributed by atoms with Gasteiger partial charge in [-0.25, -0.2) is 0 Å². The fourth-order valence-electron chi connectivity index (χ4n) is 0.876. The average Bonchev–Trinajstić information content (AvgIpc) is 2.36. The van der Waals surface area contributed by atoms with Crippen molar-refractivity contribution in [1.82, 2.24) is 0 Å². The maximum atomic E-state index is 10.6. The Morgan fingerprint density at radius 3 is 1.94 bits per heavy atom. The summed E-state index contributed by atoms with van der Waals surface area (Å²) >= 11 is 0. The van der Waals surface area contributed by atoms with Crippen LogP contribution in [-0.2, 0) is 9.53 Å². The molecule has 90 valence electrons. The summed E-state index contributed by atoms with van der Waals surface area (Å²) in [5.41, 5.74) is 2.07. The van der Waals surface area contributed by atoms with Crippen LogP contribution < -0.4 is 0 Å². The Morgan fingerprint density at radius 2 is 1.53 bits per heavy atom. The normalized spacial score (nSPS) is 11.8. The number of carbonyl (C=O) groups is 1. The summed E-state index contributed by atoms with van der Waals surface area (Å²) in [6, 6.07) is 0. The zero-order chi connectivity index (χ0) is 13.3. The lowest BCUT2D eigenvalue weighted by molar-refractivity contribution is -0.104. The molecule has 0 aromatic rings. The molecule has 0 atom stereocenters. The van der Waals surface area contributed by atoms with Crippen LogP contribution in [0.4, 0.5) is 0 Å². The Labute approximate surface area is 103 Å². The molecule has 0 bridgehead atoms. The molecular formula is C15H18O2. The highest BCUT2D eigenvalue weighted by molar-refractivity contribution is 5.77. The van der Waals surface area contributed by atoms with Gasteiger partial charge in [0.2, 0.25) is 0 Å². The number of aldehydes is 1. The molecule has 0 aliphatic carbocycles. The number of hydrogen-bond donors (Lipinski definition) is 0. The van der Waals surface area contributed by atoms with Crippen LogP contribution >= 0.6 is 0 Å². The monoisotopic (exact) mass is 230 g/mol. The van der Waals surface area contributed by atoms with E-state index in [4.69, 9.17) is 4.74 Å². The van der Waals surface area contributed by atoms with Crippen LogP contribution in [0.2, 0.25) is 0 Å². The Morgan fingerprint density at radius 1 is 1.00 bits per heavy atom.